The third-order valence-corrected chi connectivity index (χ3v) is 5.11. The summed E-state index contributed by atoms with van der Waals surface area (Å²) in [7, 11) is 0. The summed E-state index contributed by atoms with van der Waals surface area (Å²) in [5, 5.41) is 0.575. The average molecular weight is 345 g/mol. The maximum absolute atomic E-state index is 12.5. The van der Waals surface area contributed by atoms with Crippen LogP contribution in [0.3, 0.4) is 0 Å². The molecule has 0 saturated heterocycles. The molecule has 0 radical (unpaired) electrons. The Bertz CT molecular complexity index is 878. The fourth-order valence-corrected chi connectivity index (χ4v) is 3.81. The molecule has 2 heterocycles. The van der Waals surface area contributed by atoms with E-state index in [1.165, 1.54) is 24.8 Å². The van der Waals surface area contributed by atoms with Crippen molar-refractivity contribution in [2.24, 2.45) is 0 Å². The number of nitrogens with zero attached hydrogens (tertiary/aromatic N) is 2. The summed E-state index contributed by atoms with van der Waals surface area (Å²) in [4.78, 5) is 42.8. The van der Waals surface area contributed by atoms with Gasteiger partial charge in [0.05, 0.1) is 11.4 Å². The Balaban J connectivity index is 1.80. The number of rotatable bonds is 6. The summed E-state index contributed by atoms with van der Waals surface area (Å²) in [6.45, 7) is 5.06. The fourth-order valence-electron chi connectivity index (χ4n) is 2.89. The van der Waals surface area contributed by atoms with E-state index in [1.54, 1.807) is 20.0 Å². The second-order valence-electron chi connectivity index (χ2n) is 6.08. The molecule has 1 fully saturated rings. The second kappa shape index (κ2) is 6.39. The van der Waals surface area contributed by atoms with Crippen molar-refractivity contribution < 1.29 is 9.59 Å². The topological polar surface area (TPSA) is 84.8 Å². The maximum Gasteiger partial charge on any atom is 0.273 e. The second-order valence-corrected chi connectivity index (χ2v) is 7.02. The van der Waals surface area contributed by atoms with E-state index in [1.807, 2.05) is 4.57 Å². The number of aromatic nitrogens is 3. The fraction of sp³-hybridized carbons (Fsp3) is 0.412. The van der Waals surface area contributed by atoms with Gasteiger partial charge in [-0.25, -0.2) is 0 Å². The van der Waals surface area contributed by atoms with Gasteiger partial charge in [0.25, 0.3) is 5.56 Å². The lowest BCUT2D eigenvalue weighted by Crippen LogP contribution is -2.14. The normalized spacial score (nSPS) is 14.0. The van der Waals surface area contributed by atoms with Crippen molar-refractivity contribution in [3.63, 3.8) is 0 Å². The molecule has 3 rings (SSSR count). The summed E-state index contributed by atoms with van der Waals surface area (Å²) in [5.74, 6) is 0.00945. The Morgan fingerprint density at radius 1 is 1.38 bits per heavy atom. The van der Waals surface area contributed by atoms with Crippen LogP contribution < -0.4 is 5.56 Å². The van der Waals surface area contributed by atoms with Crippen LogP contribution in [0.1, 0.15) is 57.9 Å². The number of hydrogen-bond acceptors (Lipinski definition) is 5. The largest absolute Gasteiger partial charge is 0.355 e. The average Bonchev–Trinajstić information content (AvgIpc) is 3.30. The van der Waals surface area contributed by atoms with E-state index in [9.17, 15) is 14.4 Å². The molecule has 2 aromatic rings. The van der Waals surface area contributed by atoms with Gasteiger partial charge in [0.15, 0.2) is 16.7 Å². The summed E-state index contributed by atoms with van der Waals surface area (Å²) >= 11 is 1.26. The molecule has 1 aliphatic carbocycles. The van der Waals surface area contributed by atoms with Crippen LogP contribution >= 0.6 is 11.8 Å². The van der Waals surface area contributed by atoms with Gasteiger partial charge in [0.1, 0.15) is 0 Å². The van der Waals surface area contributed by atoms with E-state index in [2.05, 4.69) is 9.97 Å². The number of H-pyrrole nitrogens is 1. The van der Waals surface area contributed by atoms with Crippen LogP contribution in [0.15, 0.2) is 22.2 Å². The molecular formula is C17H19N3O3S. The number of carbonyl (C=O) groups is 2. The van der Waals surface area contributed by atoms with E-state index in [-0.39, 0.29) is 22.9 Å². The molecule has 7 heteroatoms. The summed E-state index contributed by atoms with van der Waals surface area (Å²) < 4.78 is 1.97. The molecule has 1 saturated carbocycles. The van der Waals surface area contributed by atoms with Crippen LogP contribution in [-0.4, -0.2) is 31.9 Å². The van der Waals surface area contributed by atoms with Crippen molar-refractivity contribution in [1.82, 2.24) is 14.5 Å². The first-order valence-corrected chi connectivity index (χ1v) is 8.82. The lowest BCUT2D eigenvalue weighted by Gasteiger charge is -2.09. The maximum atomic E-state index is 12.5. The molecule has 126 valence electrons. The van der Waals surface area contributed by atoms with Gasteiger partial charge in [-0.05, 0) is 39.2 Å². The predicted octanol–water partition coefficient (Wildman–Crippen LogP) is 2.70. The first kappa shape index (κ1) is 16.7. The summed E-state index contributed by atoms with van der Waals surface area (Å²) in [6, 6.07) is 1.83. The van der Waals surface area contributed by atoms with Crippen LogP contribution in [0.4, 0.5) is 0 Å². The van der Waals surface area contributed by atoms with Gasteiger partial charge in [0, 0.05) is 29.6 Å². The highest BCUT2D eigenvalue weighted by Crippen LogP contribution is 2.37. The van der Waals surface area contributed by atoms with Crippen molar-refractivity contribution in [1.29, 1.82) is 0 Å². The quantitative estimate of drug-likeness (QED) is 0.494. The monoisotopic (exact) mass is 345 g/mol. The van der Waals surface area contributed by atoms with Crippen LogP contribution in [0.2, 0.25) is 0 Å². The van der Waals surface area contributed by atoms with Crippen molar-refractivity contribution in [2.75, 3.05) is 5.75 Å². The highest BCUT2D eigenvalue weighted by atomic mass is 32.2. The van der Waals surface area contributed by atoms with Gasteiger partial charge in [-0.2, -0.15) is 4.98 Å². The van der Waals surface area contributed by atoms with Crippen LogP contribution in [0, 0.1) is 13.8 Å². The molecule has 0 amide bonds. The molecule has 24 heavy (non-hydrogen) atoms. The minimum absolute atomic E-state index is 0.0553. The number of Topliss-reactive ketones (excluding diaryl/α,β-unsaturated/α-hetero) is 2. The summed E-state index contributed by atoms with van der Waals surface area (Å²) in [5.41, 5.74) is 2.14. The molecule has 1 N–H and O–H groups in total. The predicted molar refractivity (Wildman–Crippen MR) is 92.1 cm³/mol. The van der Waals surface area contributed by atoms with Crippen LogP contribution in [0.5, 0.6) is 0 Å². The number of aryl methyl sites for hydroxylation is 1. The Kier molecular flexibility index (Phi) is 4.45. The molecule has 2 aromatic heterocycles. The van der Waals surface area contributed by atoms with Crippen molar-refractivity contribution in [3.05, 3.63) is 45.1 Å². The number of ketones is 2. The number of thioether (sulfide) groups is 1. The number of nitrogens with one attached hydrogen (secondary N) is 1. The van der Waals surface area contributed by atoms with Gasteiger partial charge >= 0.3 is 0 Å². The molecule has 0 aliphatic heterocycles. The smallest absolute Gasteiger partial charge is 0.273 e. The lowest BCUT2D eigenvalue weighted by atomic mass is 10.1. The highest BCUT2D eigenvalue weighted by molar-refractivity contribution is 7.99. The van der Waals surface area contributed by atoms with Crippen molar-refractivity contribution in [3.8, 4) is 0 Å². The first-order chi connectivity index (χ1) is 11.4. The Morgan fingerprint density at radius 3 is 2.67 bits per heavy atom. The number of carbonyl (C=O) groups excluding carboxylic acids is 2. The third-order valence-electron chi connectivity index (χ3n) is 4.15. The number of aromatic amines is 1. The molecule has 1 aliphatic rings. The lowest BCUT2D eigenvalue weighted by molar-refractivity contribution is 0.101. The molecule has 0 bridgehead atoms. The van der Waals surface area contributed by atoms with E-state index in [0.29, 0.717) is 33.7 Å². The van der Waals surface area contributed by atoms with E-state index in [4.69, 9.17) is 0 Å². The van der Waals surface area contributed by atoms with Gasteiger partial charge < -0.3 is 9.55 Å². The zero-order chi connectivity index (χ0) is 17.4. The molecule has 0 unspecified atom stereocenters. The molecular weight excluding hydrogens is 326 g/mol. The minimum Gasteiger partial charge on any atom is -0.355 e. The third kappa shape index (κ3) is 3.21. The van der Waals surface area contributed by atoms with Gasteiger partial charge in [-0.15, -0.1) is 0 Å². The molecule has 0 atom stereocenters. The van der Waals surface area contributed by atoms with E-state index in [0.717, 1.165) is 12.8 Å². The minimum atomic E-state index is -0.299. The standard InChI is InChI=1S/C17H19N3O3S/c1-9-15(11(3)21)10(2)18-16(9)13(22)8-24-17-19-14(23)6-7-20(17)12-4-5-12/h6-7,12,18H,4-5,8H2,1-3H3. The Labute approximate surface area is 143 Å². The Hall–Kier alpha value is -2.15. The van der Waals surface area contributed by atoms with Crippen molar-refractivity contribution in [2.45, 2.75) is 44.8 Å². The number of hydrogen-bond donors (Lipinski definition) is 1. The Morgan fingerprint density at radius 2 is 2.08 bits per heavy atom. The van der Waals surface area contributed by atoms with E-state index >= 15 is 0 Å². The van der Waals surface area contributed by atoms with E-state index < -0.39 is 0 Å². The summed E-state index contributed by atoms with van der Waals surface area (Å²) in [6.07, 6.45) is 3.89. The van der Waals surface area contributed by atoms with Gasteiger partial charge in [-0.1, -0.05) is 11.8 Å². The van der Waals surface area contributed by atoms with Gasteiger partial charge in [0.2, 0.25) is 0 Å². The zero-order valence-electron chi connectivity index (χ0n) is 13.9. The first-order valence-electron chi connectivity index (χ1n) is 7.83. The van der Waals surface area contributed by atoms with Crippen LogP contribution in [0.25, 0.3) is 0 Å². The highest BCUT2D eigenvalue weighted by Gasteiger charge is 2.26. The SMILES string of the molecule is CC(=O)c1c(C)[nH]c(C(=O)CSc2nc(=O)ccn2C2CC2)c1C. The van der Waals surface area contributed by atoms with Crippen molar-refractivity contribution >= 4 is 23.3 Å². The molecule has 0 spiro atoms. The molecule has 0 aromatic carbocycles. The van der Waals surface area contributed by atoms with Gasteiger partial charge in [-0.3, -0.25) is 14.4 Å². The zero-order valence-corrected chi connectivity index (χ0v) is 14.7. The molecule has 6 nitrogen and oxygen atoms in total. The van der Waals surface area contributed by atoms with Crippen LogP contribution in [-0.2, 0) is 0 Å².